The fourth-order valence-corrected chi connectivity index (χ4v) is 4.63. The van der Waals surface area contributed by atoms with Gasteiger partial charge in [0, 0.05) is 50.4 Å². The van der Waals surface area contributed by atoms with Crippen LogP contribution in [0.1, 0.15) is 25.7 Å². The summed E-state index contributed by atoms with van der Waals surface area (Å²) in [5.41, 5.74) is 0. The van der Waals surface area contributed by atoms with Crippen LogP contribution >= 0.6 is 48.7 Å². The highest BCUT2D eigenvalue weighted by atomic mass is 32.2. The monoisotopic (exact) mass is 394 g/mol. The van der Waals surface area contributed by atoms with Gasteiger partial charge >= 0.3 is 5.97 Å². The minimum atomic E-state index is -0.754. The van der Waals surface area contributed by atoms with Gasteiger partial charge in [-0.3, -0.25) is 4.79 Å². The molecule has 0 unspecified atom stereocenters. The van der Waals surface area contributed by atoms with Crippen LogP contribution in [0.5, 0.6) is 0 Å². The SMILES string of the molecule is COC(=O)C(C(=S)NSN1CCCC1)C(=S)NSN1CCCC1. The van der Waals surface area contributed by atoms with Gasteiger partial charge in [-0.15, -0.1) is 0 Å². The summed E-state index contributed by atoms with van der Waals surface area (Å²) in [4.78, 5) is 12.8. The van der Waals surface area contributed by atoms with Crippen LogP contribution in [0.4, 0.5) is 0 Å². The molecular formula is C13H22N4O2S4. The van der Waals surface area contributed by atoms with Gasteiger partial charge in [-0.25, -0.2) is 8.61 Å². The fraction of sp³-hybridized carbons (Fsp3) is 0.769. The van der Waals surface area contributed by atoms with Crippen molar-refractivity contribution in [1.29, 1.82) is 0 Å². The van der Waals surface area contributed by atoms with E-state index >= 15 is 0 Å². The van der Waals surface area contributed by atoms with Crippen molar-refractivity contribution in [3.05, 3.63) is 0 Å². The Morgan fingerprint density at radius 3 is 1.70 bits per heavy atom. The van der Waals surface area contributed by atoms with E-state index < -0.39 is 11.9 Å². The Bertz CT molecular complexity index is 408. The molecule has 10 heteroatoms. The Hall–Kier alpha value is -0.130. The van der Waals surface area contributed by atoms with Crippen LogP contribution in [0.25, 0.3) is 0 Å². The van der Waals surface area contributed by atoms with Gasteiger partial charge in [0.2, 0.25) is 0 Å². The molecule has 0 radical (unpaired) electrons. The van der Waals surface area contributed by atoms with Gasteiger partial charge < -0.3 is 14.2 Å². The predicted octanol–water partition coefficient (Wildman–Crippen LogP) is 1.93. The number of hydrogen-bond donors (Lipinski definition) is 2. The zero-order chi connectivity index (χ0) is 16.7. The highest BCUT2D eigenvalue weighted by Crippen LogP contribution is 2.19. The summed E-state index contributed by atoms with van der Waals surface area (Å²) in [6.45, 7) is 4.10. The largest absolute Gasteiger partial charge is 0.468 e. The number of rotatable bonds is 7. The minimum Gasteiger partial charge on any atom is -0.468 e. The first-order valence-corrected chi connectivity index (χ1v) is 9.99. The molecule has 0 spiro atoms. The van der Waals surface area contributed by atoms with Crippen LogP contribution in [-0.4, -0.2) is 57.8 Å². The van der Waals surface area contributed by atoms with Crippen molar-refractivity contribution >= 4 is 64.6 Å². The lowest BCUT2D eigenvalue weighted by Gasteiger charge is -2.22. The summed E-state index contributed by atoms with van der Waals surface area (Å²) in [6, 6.07) is 0. The average Bonchev–Trinajstić information content (AvgIpc) is 3.24. The first-order chi connectivity index (χ1) is 11.1. The van der Waals surface area contributed by atoms with Crippen molar-refractivity contribution in [2.24, 2.45) is 5.92 Å². The summed E-state index contributed by atoms with van der Waals surface area (Å²) < 4.78 is 15.4. The quantitative estimate of drug-likeness (QED) is 0.380. The second kappa shape index (κ2) is 10.00. The van der Waals surface area contributed by atoms with Gasteiger partial charge in [0.25, 0.3) is 0 Å². The molecule has 0 aromatic heterocycles. The van der Waals surface area contributed by atoms with E-state index in [0.717, 1.165) is 26.2 Å². The molecule has 23 heavy (non-hydrogen) atoms. The number of ether oxygens (including phenoxy) is 1. The van der Waals surface area contributed by atoms with Crippen molar-refractivity contribution in [3.63, 3.8) is 0 Å². The van der Waals surface area contributed by atoms with Crippen LogP contribution < -0.4 is 9.44 Å². The molecule has 2 saturated heterocycles. The highest BCUT2D eigenvalue weighted by molar-refractivity contribution is 7.97. The summed E-state index contributed by atoms with van der Waals surface area (Å²) >= 11 is 13.6. The molecule has 0 aromatic rings. The van der Waals surface area contributed by atoms with Gasteiger partial charge in [0.1, 0.15) is 9.98 Å². The number of nitrogens with zero attached hydrogens (tertiary/aromatic N) is 2. The number of thiocarbonyl (C=S) groups is 2. The third-order valence-electron chi connectivity index (χ3n) is 3.64. The standard InChI is InChI=1S/C13H22N4O2S4/c1-19-13(18)10(11(20)14-22-16-6-2-3-7-16)12(21)15-23-17-8-4-5-9-17/h10H,2-9H2,1H3,(H,14,20)(H,15,21). The molecule has 2 aliphatic rings. The minimum absolute atomic E-state index is 0.383. The zero-order valence-corrected chi connectivity index (χ0v) is 16.3. The Balaban J connectivity index is 1.84. The van der Waals surface area contributed by atoms with Gasteiger partial charge in [0.15, 0.2) is 5.92 Å². The average molecular weight is 395 g/mol. The Morgan fingerprint density at radius 1 is 0.957 bits per heavy atom. The molecule has 2 N–H and O–H groups in total. The Kier molecular flexibility index (Phi) is 8.34. The molecule has 0 amide bonds. The number of nitrogens with one attached hydrogen (secondary N) is 2. The first-order valence-electron chi connectivity index (χ1n) is 7.63. The van der Waals surface area contributed by atoms with Crippen molar-refractivity contribution in [2.45, 2.75) is 25.7 Å². The lowest BCUT2D eigenvalue weighted by Crippen LogP contribution is -2.42. The van der Waals surface area contributed by atoms with Crippen LogP contribution in [0.2, 0.25) is 0 Å². The topological polar surface area (TPSA) is 56.8 Å². The van der Waals surface area contributed by atoms with Crippen LogP contribution in [0.3, 0.4) is 0 Å². The van der Waals surface area contributed by atoms with Crippen molar-refractivity contribution in [3.8, 4) is 0 Å². The lowest BCUT2D eigenvalue weighted by molar-refractivity contribution is -0.141. The van der Waals surface area contributed by atoms with Gasteiger partial charge in [-0.2, -0.15) is 0 Å². The molecule has 0 atom stereocenters. The van der Waals surface area contributed by atoms with Crippen LogP contribution in [-0.2, 0) is 9.53 Å². The maximum absolute atomic E-state index is 12.1. The predicted molar refractivity (Wildman–Crippen MR) is 104 cm³/mol. The zero-order valence-electron chi connectivity index (χ0n) is 13.1. The molecule has 2 heterocycles. The molecule has 2 rings (SSSR count). The van der Waals surface area contributed by atoms with E-state index in [2.05, 4.69) is 18.1 Å². The number of carbonyl (C=O) groups is 1. The van der Waals surface area contributed by atoms with Gasteiger partial charge in [0.05, 0.1) is 7.11 Å². The smallest absolute Gasteiger partial charge is 0.322 e. The Labute approximate surface area is 157 Å². The van der Waals surface area contributed by atoms with Crippen molar-refractivity contribution in [2.75, 3.05) is 33.3 Å². The number of carbonyl (C=O) groups excluding carboxylic acids is 1. The third-order valence-corrected chi connectivity index (χ3v) is 6.45. The summed E-state index contributed by atoms with van der Waals surface area (Å²) in [5.74, 6) is -1.20. The molecule has 0 bridgehead atoms. The van der Waals surface area contributed by atoms with E-state index in [1.54, 1.807) is 0 Å². The summed E-state index contributed by atoms with van der Waals surface area (Å²) in [5, 5.41) is 0. The Morgan fingerprint density at radius 2 is 1.35 bits per heavy atom. The van der Waals surface area contributed by atoms with Gasteiger partial charge in [-0.1, -0.05) is 24.4 Å². The number of esters is 1. The highest BCUT2D eigenvalue weighted by Gasteiger charge is 2.30. The van der Waals surface area contributed by atoms with Crippen molar-refractivity contribution < 1.29 is 9.53 Å². The molecule has 2 fully saturated rings. The molecule has 0 aliphatic carbocycles. The van der Waals surface area contributed by atoms with E-state index in [0.29, 0.717) is 9.98 Å². The van der Waals surface area contributed by atoms with E-state index in [-0.39, 0.29) is 0 Å². The normalized spacial score (nSPS) is 19.0. The maximum atomic E-state index is 12.1. The number of hydrogen-bond acceptors (Lipinski definition) is 8. The first kappa shape index (κ1) is 19.2. The van der Waals surface area contributed by atoms with E-state index in [9.17, 15) is 4.79 Å². The lowest BCUT2D eigenvalue weighted by atomic mass is 10.1. The molecule has 0 aromatic carbocycles. The van der Waals surface area contributed by atoms with E-state index in [4.69, 9.17) is 29.2 Å². The molecule has 0 saturated carbocycles. The second-order valence-corrected chi connectivity index (χ2v) is 8.03. The van der Waals surface area contributed by atoms with E-state index in [1.165, 1.54) is 57.1 Å². The molecule has 2 aliphatic heterocycles. The van der Waals surface area contributed by atoms with Crippen LogP contribution in [0.15, 0.2) is 0 Å². The van der Waals surface area contributed by atoms with Crippen molar-refractivity contribution in [1.82, 2.24) is 18.1 Å². The van der Waals surface area contributed by atoms with Gasteiger partial charge in [-0.05, 0) is 25.7 Å². The summed E-state index contributed by atoms with van der Waals surface area (Å²) in [6.07, 6.45) is 4.76. The summed E-state index contributed by atoms with van der Waals surface area (Å²) in [7, 11) is 1.35. The van der Waals surface area contributed by atoms with Crippen LogP contribution in [0, 0.1) is 5.92 Å². The molecular weight excluding hydrogens is 372 g/mol. The molecule has 6 nitrogen and oxygen atoms in total. The fourth-order valence-electron chi connectivity index (χ4n) is 2.35. The molecule has 130 valence electrons. The third kappa shape index (κ3) is 6.02. The second-order valence-electron chi connectivity index (χ2n) is 5.34. The maximum Gasteiger partial charge on any atom is 0.322 e. The number of methoxy groups -OCH3 is 1. The van der Waals surface area contributed by atoms with E-state index in [1.807, 2.05) is 0 Å².